The van der Waals surface area contributed by atoms with Crippen LogP contribution in [0.15, 0.2) is 247 Å². The van der Waals surface area contributed by atoms with Gasteiger partial charge in [0.25, 0.3) is 0 Å². The molecule has 312 valence electrons. The molecule has 0 N–H and O–H groups in total. The lowest BCUT2D eigenvalue weighted by atomic mass is 9.93. The minimum atomic E-state index is 0.638. The Bertz CT molecular complexity index is 3750. The largest absolute Gasteiger partial charge is 0.456 e. The smallest absolute Gasteiger partial charge is 0.160 e. The normalized spacial score (nSPS) is 11.6. The molecule has 0 amide bonds. The van der Waals surface area contributed by atoms with Crippen LogP contribution in [-0.4, -0.2) is 9.97 Å². The molecule has 0 fully saturated rings. The van der Waals surface area contributed by atoms with E-state index in [0.29, 0.717) is 5.82 Å². The molecular weight excluding hydrogens is 813 g/mol. The number of rotatable bonds is 7. The van der Waals surface area contributed by atoms with Crippen molar-refractivity contribution in [3.63, 3.8) is 0 Å². The highest BCUT2D eigenvalue weighted by molar-refractivity contribution is 6.28. The van der Waals surface area contributed by atoms with E-state index in [-0.39, 0.29) is 0 Å². The lowest BCUT2D eigenvalue weighted by Gasteiger charge is -2.15. The first-order valence-corrected chi connectivity index (χ1v) is 22.8. The van der Waals surface area contributed by atoms with Gasteiger partial charge in [-0.3, -0.25) is 0 Å². The van der Waals surface area contributed by atoms with Crippen LogP contribution >= 0.6 is 0 Å². The molecule has 13 rings (SSSR count). The molecule has 0 radical (unpaired) electrons. The van der Waals surface area contributed by atoms with E-state index >= 15 is 0 Å². The Labute approximate surface area is 387 Å². The summed E-state index contributed by atoms with van der Waals surface area (Å²) in [6, 6.07) is 86.5. The summed E-state index contributed by atoms with van der Waals surface area (Å²) in [5.41, 5.74) is 15.3. The van der Waals surface area contributed by atoms with Crippen LogP contribution in [0.4, 0.5) is 0 Å². The van der Waals surface area contributed by atoms with E-state index in [4.69, 9.17) is 14.4 Å². The van der Waals surface area contributed by atoms with Crippen LogP contribution in [0.2, 0.25) is 0 Å². The maximum Gasteiger partial charge on any atom is 0.160 e. The van der Waals surface area contributed by atoms with Gasteiger partial charge < -0.3 is 4.42 Å². The third-order valence-electron chi connectivity index (χ3n) is 13.2. The van der Waals surface area contributed by atoms with Gasteiger partial charge in [0.15, 0.2) is 5.82 Å². The van der Waals surface area contributed by atoms with Gasteiger partial charge in [0.1, 0.15) is 11.2 Å². The molecule has 0 spiro atoms. The number of hydrogen-bond donors (Lipinski definition) is 0. The van der Waals surface area contributed by atoms with Crippen LogP contribution in [0, 0.1) is 0 Å². The minimum absolute atomic E-state index is 0.638. The molecule has 0 aliphatic carbocycles. The molecule has 0 saturated heterocycles. The van der Waals surface area contributed by atoms with Crippen LogP contribution in [0.25, 0.3) is 133 Å². The van der Waals surface area contributed by atoms with Crippen molar-refractivity contribution in [1.82, 2.24) is 9.97 Å². The molecule has 3 heteroatoms. The molecule has 0 bridgehead atoms. The Morgan fingerprint density at radius 3 is 1.00 bits per heavy atom. The number of benzene rings is 11. The summed E-state index contributed by atoms with van der Waals surface area (Å²) < 4.78 is 6.68. The van der Waals surface area contributed by atoms with Gasteiger partial charge in [0, 0.05) is 27.5 Å². The summed E-state index contributed by atoms with van der Waals surface area (Å²) in [5.74, 6) is 0.638. The predicted molar refractivity (Wildman–Crippen MR) is 280 cm³/mol. The molecule has 3 nitrogen and oxygen atoms in total. The summed E-state index contributed by atoms with van der Waals surface area (Å²) in [6.07, 6.45) is 0. The Balaban J connectivity index is 1.05. The summed E-state index contributed by atoms with van der Waals surface area (Å²) >= 11 is 0. The van der Waals surface area contributed by atoms with E-state index in [9.17, 15) is 0 Å². The molecule has 0 saturated carbocycles. The van der Waals surface area contributed by atoms with Crippen molar-refractivity contribution in [2.45, 2.75) is 0 Å². The molecule has 0 atom stereocenters. The fourth-order valence-electron chi connectivity index (χ4n) is 9.93. The molecule has 0 unspecified atom stereocenters. The Kier molecular flexibility index (Phi) is 9.17. The molecule has 13 aromatic rings. The van der Waals surface area contributed by atoms with E-state index in [1.165, 1.54) is 32.3 Å². The molecule has 67 heavy (non-hydrogen) atoms. The Morgan fingerprint density at radius 2 is 0.567 bits per heavy atom. The van der Waals surface area contributed by atoms with Crippen molar-refractivity contribution in [3.8, 4) is 78.4 Å². The fourth-order valence-corrected chi connectivity index (χ4v) is 9.93. The van der Waals surface area contributed by atoms with Gasteiger partial charge >= 0.3 is 0 Å². The number of nitrogens with zero attached hydrogens (tertiary/aromatic N) is 2. The van der Waals surface area contributed by atoms with Crippen molar-refractivity contribution in [3.05, 3.63) is 243 Å². The molecular formula is C64H40N2O. The highest BCUT2D eigenvalue weighted by atomic mass is 16.3. The maximum atomic E-state index is 6.68. The predicted octanol–water partition coefficient (Wildman–Crippen LogP) is 17.5. The summed E-state index contributed by atoms with van der Waals surface area (Å²) in [5, 5.41) is 9.41. The first-order chi connectivity index (χ1) is 33.2. The van der Waals surface area contributed by atoms with Gasteiger partial charge in [0.05, 0.1) is 11.4 Å². The Morgan fingerprint density at radius 1 is 0.209 bits per heavy atom. The first kappa shape index (κ1) is 38.5. The average molecular weight is 853 g/mol. The first-order valence-electron chi connectivity index (χ1n) is 22.8. The van der Waals surface area contributed by atoms with Gasteiger partial charge in [-0.1, -0.05) is 170 Å². The number of hydrogen-bond acceptors (Lipinski definition) is 3. The van der Waals surface area contributed by atoms with Crippen LogP contribution < -0.4 is 0 Å². The average Bonchev–Trinajstić information content (AvgIpc) is 3.78. The second-order valence-electron chi connectivity index (χ2n) is 17.3. The van der Waals surface area contributed by atoms with Crippen molar-refractivity contribution < 1.29 is 4.42 Å². The van der Waals surface area contributed by atoms with Gasteiger partial charge in [-0.25, -0.2) is 9.97 Å². The standard InChI is InChI=1S/C64H40N2O/c1-5-17-41(18-6-1)46-31-47(42-19-7-2-8-20-42)34-50(33-46)60-40-61(51-35-48(43-21-9-3-10-22-43)32-49(36-51)44-23-11-4-12-24-44)66-64(65-60)45-29-30-62-58(37-45)59-38-56-54-27-15-13-25-52(54)53-26-14-16-28-55(53)57(56)39-63(59)67-62/h1-40H. The summed E-state index contributed by atoms with van der Waals surface area (Å²) in [4.78, 5) is 11.0. The topological polar surface area (TPSA) is 38.9 Å². The van der Waals surface area contributed by atoms with E-state index in [0.717, 1.165) is 94.5 Å². The van der Waals surface area contributed by atoms with Crippen LogP contribution in [0.5, 0.6) is 0 Å². The number of furan rings is 1. The lowest BCUT2D eigenvalue weighted by molar-refractivity contribution is 0.669. The fraction of sp³-hybridized carbons (Fsp3) is 0. The third kappa shape index (κ3) is 6.93. The molecule has 2 heterocycles. The van der Waals surface area contributed by atoms with Crippen molar-refractivity contribution in [2.24, 2.45) is 0 Å². The third-order valence-corrected chi connectivity index (χ3v) is 13.2. The number of aromatic nitrogens is 2. The SMILES string of the molecule is c1ccc(-c2cc(-c3ccccc3)cc(-c3cc(-c4cc(-c5ccccc5)cc(-c5ccccc5)c4)nc(-c4ccc5oc6cc7c8ccccc8c8ccccc8c7cc6c5c4)n3)c2)cc1. The van der Waals surface area contributed by atoms with Gasteiger partial charge in [-0.2, -0.15) is 0 Å². The number of fused-ring (bicyclic) bond motifs is 9. The van der Waals surface area contributed by atoms with Gasteiger partial charge in [0.2, 0.25) is 0 Å². The minimum Gasteiger partial charge on any atom is -0.456 e. The summed E-state index contributed by atoms with van der Waals surface area (Å²) in [7, 11) is 0. The maximum absolute atomic E-state index is 6.68. The van der Waals surface area contributed by atoms with E-state index in [1.54, 1.807) is 0 Å². The zero-order valence-electron chi connectivity index (χ0n) is 36.4. The second-order valence-corrected chi connectivity index (χ2v) is 17.3. The van der Waals surface area contributed by atoms with Gasteiger partial charge in [-0.15, -0.1) is 0 Å². The second kappa shape index (κ2) is 16.0. The van der Waals surface area contributed by atoms with Crippen LogP contribution in [0.3, 0.4) is 0 Å². The zero-order chi connectivity index (χ0) is 44.3. The molecule has 0 aliphatic heterocycles. The van der Waals surface area contributed by atoms with Gasteiger partial charge in [-0.05, 0) is 150 Å². The quantitative estimate of drug-likeness (QED) is 0.150. The zero-order valence-corrected chi connectivity index (χ0v) is 36.4. The molecule has 11 aromatic carbocycles. The van der Waals surface area contributed by atoms with E-state index in [2.05, 4.69) is 243 Å². The van der Waals surface area contributed by atoms with Crippen LogP contribution in [0.1, 0.15) is 0 Å². The van der Waals surface area contributed by atoms with Crippen molar-refractivity contribution in [2.75, 3.05) is 0 Å². The summed E-state index contributed by atoms with van der Waals surface area (Å²) in [6.45, 7) is 0. The van der Waals surface area contributed by atoms with Crippen molar-refractivity contribution >= 4 is 54.3 Å². The van der Waals surface area contributed by atoms with E-state index in [1.807, 2.05) is 0 Å². The van der Waals surface area contributed by atoms with E-state index < -0.39 is 0 Å². The monoisotopic (exact) mass is 852 g/mol. The highest BCUT2D eigenvalue weighted by Crippen LogP contribution is 2.42. The lowest BCUT2D eigenvalue weighted by Crippen LogP contribution is -1.97. The highest BCUT2D eigenvalue weighted by Gasteiger charge is 2.19. The molecule has 2 aromatic heterocycles. The molecule has 0 aliphatic rings. The Hall–Kier alpha value is -8.92. The van der Waals surface area contributed by atoms with Crippen molar-refractivity contribution in [1.29, 1.82) is 0 Å². The van der Waals surface area contributed by atoms with Crippen LogP contribution in [-0.2, 0) is 0 Å².